The first kappa shape index (κ1) is 21.0. The fraction of sp³-hybridized carbons (Fsp3) is 0.417. The third kappa shape index (κ3) is 3.78. The van der Waals surface area contributed by atoms with Gasteiger partial charge in [-0.2, -0.15) is 0 Å². The average molecular weight is 452 g/mol. The van der Waals surface area contributed by atoms with Gasteiger partial charge in [0.25, 0.3) is 5.91 Å². The number of anilines is 2. The SMILES string of the molecule is Cc1ccc2c(N)c(C(=O)N[C@H]3COc4cc(N5CCN[C@@H](C)[C@@H]5C)ccc4C3)sc2n1. The Labute approximate surface area is 192 Å². The number of carbonyl (C=O) groups is 1. The van der Waals surface area contributed by atoms with Crippen molar-refractivity contribution in [3.05, 3.63) is 46.5 Å². The lowest BCUT2D eigenvalue weighted by Crippen LogP contribution is -2.55. The van der Waals surface area contributed by atoms with Gasteiger partial charge in [0, 0.05) is 48.0 Å². The van der Waals surface area contributed by atoms with Crippen molar-refractivity contribution in [2.24, 2.45) is 0 Å². The summed E-state index contributed by atoms with van der Waals surface area (Å²) in [6, 6.07) is 11.0. The number of rotatable bonds is 3. The lowest BCUT2D eigenvalue weighted by molar-refractivity contribution is 0.0920. The van der Waals surface area contributed by atoms with Crippen LogP contribution in [0.2, 0.25) is 0 Å². The zero-order valence-corrected chi connectivity index (χ0v) is 19.5. The van der Waals surface area contributed by atoms with E-state index in [0.717, 1.165) is 46.7 Å². The first-order chi connectivity index (χ1) is 15.4. The van der Waals surface area contributed by atoms with Crippen LogP contribution in [0.15, 0.2) is 30.3 Å². The lowest BCUT2D eigenvalue weighted by atomic mass is 10.0. The van der Waals surface area contributed by atoms with Crippen molar-refractivity contribution in [1.82, 2.24) is 15.6 Å². The molecule has 3 atom stereocenters. The molecule has 2 aliphatic rings. The molecule has 2 aliphatic heterocycles. The van der Waals surface area contributed by atoms with Crippen LogP contribution < -0.4 is 26.0 Å². The molecule has 1 amide bonds. The van der Waals surface area contributed by atoms with Gasteiger partial charge in [0.05, 0.1) is 11.7 Å². The van der Waals surface area contributed by atoms with Crippen LogP contribution in [0.4, 0.5) is 11.4 Å². The molecule has 2 aromatic heterocycles. The summed E-state index contributed by atoms with van der Waals surface area (Å²) in [7, 11) is 0. The second kappa shape index (κ2) is 8.26. The van der Waals surface area contributed by atoms with Crippen molar-refractivity contribution in [2.75, 3.05) is 30.3 Å². The fourth-order valence-electron chi connectivity index (χ4n) is 4.56. The summed E-state index contributed by atoms with van der Waals surface area (Å²) in [4.78, 5) is 21.2. The molecule has 1 saturated heterocycles. The highest BCUT2D eigenvalue weighted by Gasteiger charge is 2.28. The second-order valence-electron chi connectivity index (χ2n) is 8.80. The van der Waals surface area contributed by atoms with Crippen molar-refractivity contribution in [3.8, 4) is 5.75 Å². The Bertz CT molecular complexity index is 1180. The molecule has 4 N–H and O–H groups in total. The molecule has 0 radical (unpaired) electrons. The number of hydrogen-bond acceptors (Lipinski definition) is 7. The van der Waals surface area contributed by atoms with Crippen LogP contribution >= 0.6 is 11.3 Å². The summed E-state index contributed by atoms with van der Waals surface area (Å²) >= 11 is 1.34. The zero-order chi connectivity index (χ0) is 22.4. The van der Waals surface area contributed by atoms with Crippen LogP contribution in [0, 0.1) is 6.92 Å². The number of fused-ring (bicyclic) bond motifs is 2. The van der Waals surface area contributed by atoms with Crippen LogP contribution in [-0.2, 0) is 6.42 Å². The number of nitrogens with one attached hydrogen (secondary N) is 2. The van der Waals surface area contributed by atoms with Crippen molar-refractivity contribution in [3.63, 3.8) is 0 Å². The summed E-state index contributed by atoms with van der Waals surface area (Å²) < 4.78 is 6.07. The summed E-state index contributed by atoms with van der Waals surface area (Å²) in [5.74, 6) is 0.743. The second-order valence-corrected chi connectivity index (χ2v) is 9.80. The van der Waals surface area contributed by atoms with E-state index >= 15 is 0 Å². The molecule has 168 valence electrons. The van der Waals surface area contributed by atoms with E-state index in [1.165, 1.54) is 17.0 Å². The molecule has 0 unspecified atom stereocenters. The number of aromatic nitrogens is 1. The summed E-state index contributed by atoms with van der Waals surface area (Å²) in [5.41, 5.74) is 9.96. The van der Waals surface area contributed by atoms with E-state index in [-0.39, 0.29) is 11.9 Å². The maximum Gasteiger partial charge on any atom is 0.263 e. The Morgan fingerprint density at radius 3 is 3.00 bits per heavy atom. The normalized spacial score (nSPS) is 23.0. The molecule has 7 nitrogen and oxygen atoms in total. The number of carbonyl (C=O) groups excluding carboxylic acids is 1. The quantitative estimate of drug-likeness (QED) is 0.567. The number of nitrogen functional groups attached to an aromatic ring is 1. The Hall–Kier alpha value is -2.84. The van der Waals surface area contributed by atoms with E-state index in [1.807, 2.05) is 19.1 Å². The van der Waals surface area contributed by atoms with Crippen molar-refractivity contribution < 1.29 is 9.53 Å². The zero-order valence-electron chi connectivity index (χ0n) is 18.6. The third-order valence-electron chi connectivity index (χ3n) is 6.60. The van der Waals surface area contributed by atoms with E-state index < -0.39 is 0 Å². The minimum absolute atomic E-state index is 0.0988. The average Bonchev–Trinajstić information content (AvgIpc) is 3.11. The van der Waals surface area contributed by atoms with Gasteiger partial charge in [0.1, 0.15) is 22.1 Å². The molecule has 0 saturated carbocycles. The number of thiophene rings is 1. The molecule has 0 aliphatic carbocycles. The Balaban J connectivity index is 1.30. The summed E-state index contributed by atoms with van der Waals surface area (Å²) in [5, 5.41) is 7.46. The van der Waals surface area contributed by atoms with Gasteiger partial charge in [-0.3, -0.25) is 4.79 Å². The van der Waals surface area contributed by atoms with Gasteiger partial charge >= 0.3 is 0 Å². The number of benzene rings is 1. The minimum Gasteiger partial charge on any atom is -0.491 e. The predicted molar refractivity (Wildman–Crippen MR) is 130 cm³/mol. The smallest absolute Gasteiger partial charge is 0.263 e. The van der Waals surface area contributed by atoms with Crippen molar-refractivity contribution in [2.45, 2.75) is 45.3 Å². The highest BCUT2D eigenvalue weighted by Crippen LogP contribution is 2.34. The first-order valence-electron chi connectivity index (χ1n) is 11.1. The standard InChI is InChI=1S/C24H29N5O2S/c1-13-4-7-19-21(25)22(32-24(19)27-13)23(30)28-17-10-16-5-6-18(11-20(16)31-12-17)29-9-8-26-14(2)15(29)3/h4-7,11,14-15,17,26H,8-10,12,25H2,1-3H3,(H,28,30)/t14-,15-,17+/m0/s1. The molecule has 32 heavy (non-hydrogen) atoms. The topological polar surface area (TPSA) is 92.5 Å². The van der Waals surface area contributed by atoms with Crippen LogP contribution in [0.25, 0.3) is 10.2 Å². The number of amides is 1. The van der Waals surface area contributed by atoms with Gasteiger partial charge in [-0.05, 0) is 51.0 Å². The van der Waals surface area contributed by atoms with Gasteiger partial charge in [-0.15, -0.1) is 11.3 Å². The maximum absolute atomic E-state index is 13.0. The van der Waals surface area contributed by atoms with Crippen molar-refractivity contribution >= 4 is 38.8 Å². The predicted octanol–water partition coefficient (Wildman–Crippen LogP) is 3.11. The fourth-order valence-corrected chi connectivity index (χ4v) is 5.61. The molecular formula is C24H29N5O2S. The van der Waals surface area contributed by atoms with Crippen molar-refractivity contribution in [1.29, 1.82) is 0 Å². The Morgan fingerprint density at radius 2 is 2.16 bits per heavy atom. The highest BCUT2D eigenvalue weighted by molar-refractivity contribution is 7.21. The third-order valence-corrected chi connectivity index (χ3v) is 7.71. The summed E-state index contributed by atoms with van der Waals surface area (Å²) in [6.07, 6.45) is 0.733. The minimum atomic E-state index is -0.166. The van der Waals surface area contributed by atoms with Crippen LogP contribution in [0.3, 0.4) is 0 Å². The number of aryl methyl sites for hydroxylation is 1. The molecule has 1 aromatic carbocycles. The lowest BCUT2D eigenvalue weighted by Gasteiger charge is -2.40. The number of pyridine rings is 1. The molecular weight excluding hydrogens is 422 g/mol. The van der Waals surface area contributed by atoms with E-state index in [1.54, 1.807) is 0 Å². The molecule has 8 heteroatoms. The molecule has 5 rings (SSSR count). The number of nitrogens with zero attached hydrogens (tertiary/aromatic N) is 2. The monoisotopic (exact) mass is 451 g/mol. The number of ether oxygens (including phenoxy) is 1. The molecule has 1 fully saturated rings. The van der Waals surface area contributed by atoms with E-state index in [0.29, 0.717) is 29.3 Å². The number of piperazine rings is 1. The molecule has 0 bridgehead atoms. The summed E-state index contributed by atoms with van der Waals surface area (Å²) in [6.45, 7) is 8.80. The van der Waals surface area contributed by atoms with Gasteiger partial charge in [-0.1, -0.05) is 6.07 Å². The van der Waals surface area contributed by atoms with Gasteiger partial charge in [0.15, 0.2) is 0 Å². The van der Waals surface area contributed by atoms with Gasteiger partial charge < -0.3 is 26.0 Å². The van der Waals surface area contributed by atoms with Crippen LogP contribution in [0.5, 0.6) is 5.75 Å². The Kier molecular flexibility index (Phi) is 5.43. The number of nitrogens with two attached hydrogens (primary N) is 1. The van der Waals surface area contributed by atoms with Gasteiger partial charge in [0.2, 0.25) is 0 Å². The maximum atomic E-state index is 13.0. The van der Waals surface area contributed by atoms with Crippen LogP contribution in [-0.4, -0.2) is 48.7 Å². The Morgan fingerprint density at radius 1 is 1.31 bits per heavy atom. The molecule has 3 aromatic rings. The number of hydrogen-bond donors (Lipinski definition) is 3. The molecule has 0 spiro atoms. The first-order valence-corrected chi connectivity index (χ1v) is 11.9. The largest absolute Gasteiger partial charge is 0.491 e. The van der Waals surface area contributed by atoms with E-state index in [9.17, 15) is 4.79 Å². The van der Waals surface area contributed by atoms with Gasteiger partial charge in [-0.25, -0.2) is 4.98 Å². The van der Waals surface area contributed by atoms with Crippen LogP contribution in [0.1, 0.15) is 34.8 Å². The van der Waals surface area contributed by atoms with E-state index in [2.05, 4.69) is 52.6 Å². The molecule has 4 heterocycles. The highest BCUT2D eigenvalue weighted by atomic mass is 32.1. The van der Waals surface area contributed by atoms with E-state index in [4.69, 9.17) is 10.5 Å².